The van der Waals surface area contributed by atoms with E-state index in [0.717, 1.165) is 13.1 Å². The van der Waals surface area contributed by atoms with Gasteiger partial charge < -0.3 is 0 Å². The normalized spacial score (nSPS) is 21.5. The number of nitrogens with zero attached hydrogens (tertiary/aromatic N) is 1. The molecule has 1 nitrogen and oxygen atoms in total. The average Bonchev–Trinajstić information content (AvgIpc) is 2.34. The molecule has 0 aromatic carbocycles. The van der Waals surface area contributed by atoms with Crippen LogP contribution in [0.1, 0.15) is 27.7 Å². The molecule has 0 atom stereocenters. The summed E-state index contributed by atoms with van der Waals surface area (Å²) >= 11 is 4.04. The summed E-state index contributed by atoms with van der Waals surface area (Å²) in [6, 6.07) is 0. The van der Waals surface area contributed by atoms with Crippen molar-refractivity contribution >= 4 is 27.9 Å². The van der Waals surface area contributed by atoms with Crippen LogP contribution in [0.3, 0.4) is 0 Å². The van der Waals surface area contributed by atoms with Gasteiger partial charge in [-0.15, -0.1) is 0 Å². The molecule has 0 aliphatic carbocycles. The topological polar surface area (TPSA) is 3.01 Å². The molecule has 0 amide bonds. The summed E-state index contributed by atoms with van der Waals surface area (Å²) in [5.74, 6) is 1.25. The van der Waals surface area contributed by atoms with E-state index in [1.807, 2.05) is 23.5 Å². The minimum atomic E-state index is 0.447. The van der Waals surface area contributed by atoms with Crippen molar-refractivity contribution in [1.29, 1.82) is 0 Å². The first-order valence-electron chi connectivity index (χ1n) is 4.52. The summed E-state index contributed by atoms with van der Waals surface area (Å²) in [4.78, 5) is 0. The molecule has 1 fully saturated rings. The summed E-state index contributed by atoms with van der Waals surface area (Å²) < 4.78 is 4.41. The Morgan fingerprint density at radius 1 is 1.33 bits per heavy atom. The van der Waals surface area contributed by atoms with Crippen LogP contribution in [0.25, 0.3) is 0 Å². The van der Waals surface area contributed by atoms with Gasteiger partial charge in [-0.25, -0.2) is 4.58 Å². The minimum Gasteiger partial charge on any atom is -0.219 e. The van der Waals surface area contributed by atoms with Crippen molar-refractivity contribution in [1.82, 2.24) is 0 Å². The lowest BCUT2D eigenvalue weighted by Gasteiger charge is -2.10. The van der Waals surface area contributed by atoms with Crippen LogP contribution in [0.4, 0.5) is 0 Å². The molecule has 0 bridgehead atoms. The zero-order chi connectivity index (χ0) is 9.19. The van der Waals surface area contributed by atoms with Crippen LogP contribution in [-0.4, -0.2) is 32.5 Å². The highest BCUT2D eigenvalue weighted by molar-refractivity contribution is 8.41. The monoisotopic (exact) mass is 204 g/mol. The molecule has 3 heteroatoms. The second-order valence-electron chi connectivity index (χ2n) is 3.59. The molecule has 0 radical (unpaired) electrons. The molecule has 70 valence electrons. The Kier molecular flexibility index (Phi) is 3.53. The fourth-order valence-electron chi connectivity index (χ4n) is 1.17. The predicted molar refractivity (Wildman–Crippen MR) is 60.5 cm³/mol. The van der Waals surface area contributed by atoms with Gasteiger partial charge in [0.15, 0.2) is 0 Å². The highest BCUT2D eigenvalue weighted by atomic mass is 32.2. The van der Waals surface area contributed by atoms with Crippen molar-refractivity contribution in [3.8, 4) is 0 Å². The molecule has 12 heavy (non-hydrogen) atoms. The zero-order valence-corrected chi connectivity index (χ0v) is 10.0. The van der Waals surface area contributed by atoms with Crippen LogP contribution in [0, 0.1) is 0 Å². The minimum absolute atomic E-state index is 0.447. The Hall–Kier alpha value is 0.370. The standard InChI is InChI=1S/C9H18NS2/c1-5-10(6-2)8-11-7-9(3,4)12-8/h5-7H2,1-4H3/q+1. The van der Waals surface area contributed by atoms with Gasteiger partial charge in [-0.2, -0.15) is 0 Å². The fourth-order valence-corrected chi connectivity index (χ4v) is 4.44. The van der Waals surface area contributed by atoms with Crippen molar-refractivity contribution in [2.24, 2.45) is 0 Å². The maximum absolute atomic E-state index is 2.45. The number of thioether (sulfide) groups is 2. The summed E-state index contributed by atoms with van der Waals surface area (Å²) in [6.45, 7) is 11.4. The van der Waals surface area contributed by atoms with Gasteiger partial charge in [0.1, 0.15) is 13.1 Å². The van der Waals surface area contributed by atoms with Crippen LogP contribution in [-0.2, 0) is 0 Å². The fraction of sp³-hybridized carbons (Fsp3) is 0.889. The summed E-state index contributed by atoms with van der Waals surface area (Å²) in [5.41, 5.74) is 0. The first-order chi connectivity index (χ1) is 5.59. The zero-order valence-electron chi connectivity index (χ0n) is 8.39. The molecule has 0 unspecified atom stereocenters. The molecule has 1 rings (SSSR count). The SMILES string of the molecule is CC[N+](CC)=C1SCC(C)(C)S1. The van der Waals surface area contributed by atoms with Gasteiger partial charge in [-0.05, 0) is 51.2 Å². The molecule has 1 aliphatic heterocycles. The lowest BCUT2D eigenvalue weighted by Crippen LogP contribution is -2.17. The second-order valence-corrected chi connectivity index (χ2v) is 6.51. The Labute approximate surface area is 84.0 Å². The maximum Gasteiger partial charge on any atom is 0.270 e. The Bertz CT molecular complexity index is 191. The number of rotatable bonds is 2. The van der Waals surface area contributed by atoms with Crippen LogP contribution in [0.15, 0.2) is 0 Å². The van der Waals surface area contributed by atoms with Gasteiger partial charge >= 0.3 is 0 Å². The number of hydrogen-bond acceptors (Lipinski definition) is 2. The van der Waals surface area contributed by atoms with Gasteiger partial charge in [-0.1, -0.05) is 0 Å². The predicted octanol–water partition coefficient (Wildman–Crippen LogP) is 2.65. The summed E-state index contributed by atoms with van der Waals surface area (Å²) in [7, 11) is 0. The molecular weight excluding hydrogens is 186 g/mol. The summed E-state index contributed by atoms with van der Waals surface area (Å²) in [5, 5.41) is 0. The van der Waals surface area contributed by atoms with Gasteiger partial charge in [0, 0.05) is 10.5 Å². The van der Waals surface area contributed by atoms with E-state index in [0.29, 0.717) is 4.75 Å². The third-order valence-corrected chi connectivity index (χ3v) is 5.22. The third kappa shape index (κ3) is 2.43. The van der Waals surface area contributed by atoms with Crippen molar-refractivity contribution in [3.05, 3.63) is 0 Å². The van der Waals surface area contributed by atoms with Gasteiger partial charge in [0.05, 0.1) is 0 Å². The molecular formula is C9H18NS2+. The Morgan fingerprint density at radius 2 is 1.92 bits per heavy atom. The van der Waals surface area contributed by atoms with Crippen LogP contribution < -0.4 is 0 Å². The van der Waals surface area contributed by atoms with Crippen molar-refractivity contribution < 1.29 is 4.58 Å². The molecule has 1 heterocycles. The van der Waals surface area contributed by atoms with Crippen molar-refractivity contribution in [2.75, 3.05) is 18.8 Å². The Balaban J connectivity index is 2.72. The van der Waals surface area contributed by atoms with Gasteiger partial charge in [-0.3, -0.25) is 0 Å². The van der Waals surface area contributed by atoms with Crippen molar-refractivity contribution in [2.45, 2.75) is 32.4 Å². The summed E-state index contributed by atoms with van der Waals surface area (Å²) in [6.07, 6.45) is 0. The molecule has 0 saturated carbocycles. The lowest BCUT2D eigenvalue weighted by atomic mass is 10.2. The van der Waals surface area contributed by atoms with E-state index in [4.69, 9.17) is 0 Å². The van der Waals surface area contributed by atoms with E-state index in [9.17, 15) is 0 Å². The molecule has 1 aliphatic rings. The van der Waals surface area contributed by atoms with Crippen LogP contribution in [0.2, 0.25) is 0 Å². The van der Waals surface area contributed by atoms with E-state index in [-0.39, 0.29) is 0 Å². The van der Waals surface area contributed by atoms with Gasteiger partial charge in [0.2, 0.25) is 0 Å². The number of hydrogen-bond donors (Lipinski definition) is 0. The molecule has 0 aromatic rings. The first kappa shape index (κ1) is 10.5. The highest BCUT2D eigenvalue weighted by Crippen LogP contribution is 2.41. The quantitative estimate of drug-likeness (QED) is 0.636. The smallest absolute Gasteiger partial charge is 0.219 e. The molecule has 0 spiro atoms. The van der Waals surface area contributed by atoms with Crippen LogP contribution in [0.5, 0.6) is 0 Å². The Morgan fingerprint density at radius 3 is 2.25 bits per heavy atom. The van der Waals surface area contributed by atoms with Crippen LogP contribution >= 0.6 is 23.5 Å². The van der Waals surface area contributed by atoms with E-state index in [2.05, 4.69) is 32.3 Å². The largest absolute Gasteiger partial charge is 0.270 e. The highest BCUT2D eigenvalue weighted by Gasteiger charge is 2.34. The van der Waals surface area contributed by atoms with Gasteiger partial charge in [0.25, 0.3) is 4.38 Å². The molecule has 0 aromatic heterocycles. The van der Waals surface area contributed by atoms with E-state index >= 15 is 0 Å². The van der Waals surface area contributed by atoms with E-state index in [1.54, 1.807) is 0 Å². The molecule has 1 saturated heterocycles. The maximum atomic E-state index is 2.45. The molecule has 0 N–H and O–H groups in total. The second kappa shape index (κ2) is 4.05. The van der Waals surface area contributed by atoms with Crippen molar-refractivity contribution in [3.63, 3.8) is 0 Å². The lowest BCUT2D eigenvalue weighted by molar-refractivity contribution is -0.515. The van der Waals surface area contributed by atoms with E-state index in [1.165, 1.54) is 10.1 Å². The first-order valence-corrected chi connectivity index (χ1v) is 6.33. The third-order valence-electron chi connectivity index (χ3n) is 1.93. The van der Waals surface area contributed by atoms with E-state index < -0.39 is 0 Å². The average molecular weight is 204 g/mol.